The minimum absolute atomic E-state index is 0.166. The van der Waals surface area contributed by atoms with Crippen molar-refractivity contribution < 1.29 is 14.3 Å². The first-order valence-electron chi connectivity index (χ1n) is 6.86. The number of carbonyl (C=O) groups is 1. The molecule has 0 aliphatic rings. The van der Waals surface area contributed by atoms with Gasteiger partial charge in [0.25, 0.3) is 5.91 Å². The average Bonchev–Trinajstić information content (AvgIpc) is 2.43. The van der Waals surface area contributed by atoms with Crippen LogP contribution in [-0.4, -0.2) is 31.3 Å². The monoisotopic (exact) mass is 280 g/mol. The van der Waals surface area contributed by atoms with Gasteiger partial charge in [-0.3, -0.25) is 4.79 Å². The maximum atomic E-state index is 12.0. The summed E-state index contributed by atoms with van der Waals surface area (Å²) in [5, 5.41) is 2.83. The van der Waals surface area contributed by atoms with Gasteiger partial charge in [-0.2, -0.15) is 0 Å². The smallest absolute Gasteiger partial charge is 0.253 e. The summed E-state index contributed by atoms with van der Waals surface area (Å²) in [6.07, 6.45) is -0.365. The Bertz CT molecular complexity index is 421. The van der Waals surface area contributed by atoms with E-state index in [9.17, 15) is 4.79 Å². The fraction of sp³-hybridized carbons (Fsp3) is 0.533. The first kappa shape index (κ1) is 16.6. The van der Waals surface area contributed by atoms with E-state index < -0.39 is 6.10 Å². The van der Waals surface area contributed by atoms with E-state index in [2.05, 4.69) is 5.32 Å². The molecule has 3 N–H and O–H groups in total. The van der Waals surface area contributed by atoms with Crippen LogP contribution in [0.15, 0.2) is 24.3 Å². The lowest BCUT2D eigenvalue weighted by atomic mass is 10.1. The molecule has 0 fully saturated rings. The number of ether oxygens (including phenoxy) is 2. The maximum Gasteiger partial charge on any atom is 0.253 e. The molecule has 0 radical (unpaired) electrons. The van der Waals surface area contributed by atoms with Crippen LogP contribution >= 0.6 is 0 Å². The van der Waals surface area contributed by atoms with Gasteiger partial charge >= 0.3 is 0 Å². The molecule has 0 bridgehead atoms. The van der Waals surface area contributed by atoms with Crippen molar-refractivity contribution in [2.45, 2.75) is 39.5 Å². The first-order valence-corrected chi connectivity index (χ1v) is 6.86. The van der Waals surface area contributed by atoms with Crippen LogP contribution in [0, 0.1) is 0 Å². The second-order valence-electron chi connectivity index (χ2n) is 4.78. The Morgan fingerprint density at radius 2 is 1.85 bits per heavy atom. The van der Waals surface area contributed by atoms with E-state index in [1.165, 1.54) is 0 Å². The standard InChI is InChI=1S/C15H24N2O3/c1-11(2)19-8-9-20-12(3)15(18)17-14-7-5-4-6-13(14)10-16/h4-7,11-12H,8-10,16H2,1-3H3,(H,17,18). The van der Waals surface area contributed by atoms with E-state index in [1.807, 2.05) is 38.1 Å². The van der Waals surface area contributed by atoms with Crippen LogP contribution in [0.5, 0.6) is 0 Å². The number of hydrogen-bond acceptors (Lipinski definition) is 4. The van der Waals surface area contributed by atoms with Gasteiger partial charge in [0, 0.05) is 12.2 Å². The minimum Gasteiger partial charge on any atom is -0.376 e. The lowest BCUT2D eigenvalue weighted by Crippen LogP contribution is -2.29. The molecule has 0 heterocycles. The molecule has 0 saturated heterocycles. The van der Waals surface area contributed by atoms with Gasteiger partial charge in [-0.15, -0.1) is 0 Å². The van der Waals surface area contributed by atoms with Crippen LogP contribution in [0.25, 0.3) is 0 Å². The number of nitrogens with one attached hydrogen (secondary N) is 1. The van der Waals surface area contributed by atoms with Crippen molar-refractivity contribution in [1.29, 1.82) is 0 Å². The summed E-state index contributed by atoms with van der Waals surface area (Å²) in [7, 11) is 0. The highest BCUT2D eigenvalue weighted by molar-refractivity contribution is 5.94. The second-order valence-corrected chi connectivity index (χ2v) is 4.78. The molecule has 5 nitrogen and oxygen atoms in total. The van der Waals surface area contributed by atoms with Crippen molar-refractivity contribution in [1.82, 2.24) is 0 Å². The van der Waals surface area contributed by atoms with Crippen molar-refractivity contribution in [3.63, 3.8) is 0 Å². The molecule has 0 spiro atoms. The minimum atomic E-state index is -0.531. The molecule has 1 unspecified atom stereocenters. The van der Waals surface area contributed by atoms with Gasteiger partial charge in [-0.05, 0) is 32.4 Å². The molecule has 1 aromatic rings. The molecule has 1 atom stereocenters. The highest BCUT2D eigenvalue weighted by Crippen LogP contribution is 2.14. The molecule has 0 aliphatic carbocycles. The van der Waals surface area contributed by atoms with Gasteiger partial charge in [0.15, 0.2) is 0 Å². The Hall–Kier alpha value is -1.43. The second kappa shape index (κ2) is 8.68. The number of hydrogen-bond donors (Lipinski definition) is 2. The van der Waals surface area contributed by atoms with Gasteiger partial charge in [0.2, 0.25) is 0 Å². The number of para-hydroxylation sites is 1. The average molecular weight is 280 g/mol. The van der Waals surface area contributed by atoms with Crippen LogP contribution in [0.1, 0.15) is 26.3 Å². The van der Waals surface area contributed by atoms with Crippen LogP contribution in [0.2, 0.25) is 0 Å². The van der Waals surface area contributed by atoms with Crippen LogP contribution in [-0.2, 0) is 20.8 Å². The molecule has 1 amide bonds. The van der Waals surface area contributed by atoms with E-state index in [4.69, 9.17) is 15.2 Å². The fourth-order valence-corrected chi connectivity index (χ4v) is 1.64. The Kier molecular flexibility index (Phi) is 7.22. The fourth-order valence-electron chi connectivity index (χ4n) is 1.64. The zero-order valence-electron chi connectivity index (χ0n) is 12.4. The highest BCUT2D eigenvalue weighted by Gasteiger charge is 2.14. The third-order valence-corrected chi connectivity index (χ3v) is 2.77. The lowest BCUT2D eigenvalue weighted by molar-refractivity contribution is -0.127. The van der Waals surface area contributed by atoms with Gasteiger partial charge in [0.05, 0.1) is 19.3 Å². The molecule has 1 rings (SSSR count). The number of amides is 1. The number of benzene rings is 1. The first-order chi connectivity index (χ1) is 9.54. The molecule has 112 valence electrons. The zero-order chi connectivity index (χ0) is 15.0. The maximum absolute atomic E-state index is 12.0. The zero-order valence-corrected chi connectivity index (χ0v) is 12.4. The molecular weight excluding hydrogens is 256 g/mol. The van der Waals surface area contributed by atoms with Crippen molar-refractivity contribution in [2.75, 3.05) is 18.5 Å². The van der Waals surface area contributed by atoms with E-state index >= 15 is 0 Å². The van der Waals surface area contributed by atoms with Crippen LogP contribution in [0.3, 0.4) is 0 Å². The van der Waals surface area contributed by atoms with Crippen LogP contribution in [0.4, 0.5) is 5.69 Å². The van der Waals surface area contributed by atoms with Crippen molar-refractivity contribution in [3.8, 4) is 0 Å². The predicted octanol–water partition coefficient (Wildman–Crippen LogP) is 1.91. The summed E-state index contributed by atoms with van der Waals surface area (Å²) in [4.78, 5) is 12.0. The third-order valence-electron chi connectivity index (χ3n) is 2.77. The van der Waals surface area contributed by atoms with E-state index in [1.54, 1.807) is 6.92 Å². The van der Waals surface area contributed by atoms with Gasteiger partial charge in [0.1, 0.15) is 6.10 Å². The Balaban J connectivity index is 2.41. The van der Waals surface area contributed by atoms with Gasteiger partial charge in [-0.1, -0.05) is 18.2 Å². The molecule has 0 aliphatic heterocycles. The van der Waals surface area contributed by atoms with Gasteiger partial charge < -0.3 is 20.5 Å². The molecular formula is C15H24N2O3. The van der Waals surface area contributed by atoms with Crippen molar-refractivity contribution in [3.05, 3.63) is 29.8 Å². The number of anilines is 1. The van der Waals surface area contributed by atoms with Crippen molar-refractivity contribution in [2.24, 2.45) is 5.73 Å². The van der Waals surface area contributed by atoms with E-state index in [-0.39, 0.29) is 12.0 Å². The number of carbonyl (C=O) groups excluding carboxylic acids is 1. The number of nitrogens with two attached hydrogens (primary N) is 1. The SMILES string of the molecule is CC(C)OCCOC(C)C(=O)Nc1ccccc1CN. The Morgan fingerprint density at radius 3 is 2.50 bits per heavy atom. The third kappa shape index (κ3) is 5.69. The highest BCUT2D eigenvalue weighted by atomic mass is 16.5. The van der Waals surface area contributed by atoms with E-state index in [0.717, 1.165) is 11.3 Å². The largest absolute Gasteiger partial charge is 0.376 e. The number of rotatable bonds is 8. The molecule has 5 heteroatoms. The topological polar surface area (TPSA) is 73.6 Å². The van der Waals surface area contributed by atoms with E-state index in [0.29, 0.717) is 19.8 Å². The lowest BCUT2D eigenvalue weighted by Gasteiger charge is -2.15. The summed E-state index contributed by atoms with van der Waals surface area (Å²) < 4.78 is 10.8. The van der Waals surface area contributed by atoms with Crippen molar-refractivity contribution >= 4 is 11.6 Å². The Morgan fingerprint density at radius 1 is 1.20 bits per heavy atom. The molecule has 20 heavy (non-hydrogen) atoms. The Labute approximate surface area is 120 Å². The normalized spacial score (nSPS) is 12.4. The molecule has 1 aromatic carbocycles. The predicted molar refractivity (Wildman–Crippen MR) is 79.5 cm³/mol. The summed E-state index contributed by atoms with van der Waals surface area (Å²) >= 11 is 0. The van der Waals surface area contributed by atoms with Gasteiger partial charge in [-0.25, -0.2) is 0 Å². The molecule has 0 saturated carbocycles. The van der Waals surface area contributed by atoms with Crippen LogP contribution < -0.4 is 11.1 Å². The summed E-state index contributed by atoms with van der Waals surface area (Å²) in [5.74, 6) is -0.185. The molecule has 0 aromatic heterocycles. The summed E-state index contributed by atoms with van der Waals surface area (Å²) in [6.45, 7) is 6.89. The summed E-state index contributed by atoms with van der Waals surface area (Å²) in [5.41, 5.74) is 7.26. The summed E-state index contributed by atoms with van der Waals surface area (Å²) in [6, 6.07) is 7.46. The quantitative estimate of drug-likeness (QED) is 0.713.